The minimum atomic E-state index is 0.138. The topological polar surface area (TPSA) is 20.2 Å². The Labute approximate surface area is 80.6 Å². The van der Waals surface area contributed by atoms with E-state index in [4.69, 9.17) is 5.11 Å². The van der Waals surface area contributed by atoms with E-state index in [0.717, 1.165) is 5.56 Å². The Morgan fingerprint density at radius 3 is 2.55 bits per heavy atom. The second-order valence-electron chi connectivity index (χ2n) is 2.64. The first-order chi connectivity index (χ1) is 5.16. The molecule has 0 aliphatic carbocycles. The van der Waals surface area contributed by atoms with Crippen LogP contribution in [0.3, 0.4) is 0 Å². The fraction of sp³-hybridized carbons (Fsp3) is 0.333. The molecule has 0 aromatic heterocycles. The van der Waals surface area contributed by atoms with Crippen LogP contribution in [0.15, 0.2) is 12.1 Å². The van der Waals surface area contributed by atoms with Crippen LogP contribution < -0.4 is 0 Å². The van der Waals surface area contributed by atoms with Gasteiger partial charge in [0.05, 0.1) is 6.61 Å². The molecule has 11 heavy (non-hydrogen) atoms. The summed E-state index contributed by atoms with van der Waals surface area (Å²) in [6, 6.07) is 4.02. The number of aliphatic hydroxyl groups excluding tert-OH is 1. The first-order valence-electron chi connectivity index (χ1n) is 3.52. The molecule has 0 aliphatic rings. The van der Waals surface area contributed by atoms with Gasteiger partial charge in [-0.15, -0.1) is 0 Å². The van der Waals surface area contributed by atoms with Crippen molar-refractivity contribution in [2.45, 2.75) is 20.5 Å². The average Bonchev–Trinajstić information content (AvgIpc) is 2.01. The molecular formula is C9H11IO. The summed E-state index contributed by atoms with van der Waals surface area (Å²) in [4.78, 5) is 0. The van der Waals surface area contributed by atoms with E-state index in [9.17, 15) is 0 Å². The molecule has 0 fully saturated rings. The van der Waals surface area contributed by atoms with E-state index in [0.29, 0.717) is 0 Å². The molecule has 1 rings (SSSR count). The van der Waals surface area contributed by atoms with Gasteiger partial charge in [0.25, 0.3) is 0 Å². The summed E-state index contributed by atoms with van der Waals surface area (Å²) in [5, 5.41) is 8.93. The molecule has 0 heterocycles. The molecule has 60 valence electrons. The lowest BCUT2D eigenvalue weighted by Crippen LogP contribution is -1.93. The lowest BCUT2D eigenvalue weighted by atomic mass is 10.1. The minimum Gasteiger partial charge on any atom is -0.392 e. The zero-order chi connectivity index (χ0) is 8.43. The molecule has 1 N–H and O–H groups in total. The number of hydrogen-bond donors (Lipinski definition) is 1. The second kappa shape index (κ2) is 3.54. The predicted molar refractivity (Wildman–Crippen MR) is 54.6 cm³/mol. The highest BCUT2D eigenvalue weighted by Gasteiger charge is 2.02. The summed E-state index contributed by atoms with van der Waals surface area (Å²) in [7, 11) is 0. The smallest absolute Gasteiger partial charge is 0.0692 e. The van der Waals surface area contributed by atoms with Gasteiger partial charge in [-0.2, -0.15) is 0 Å². The molecule has 0 atom stereocenters. The molecule has 0 saturated carbocycles. The van der Waals surface area contributed by atoms with E-state index in [1.54, 1.807) is 0 Å². The van der Waals surface area contributed by atoms with Crippen molar-refractivity contribution in [1.82, 2.24) is 0 Å². The Morgan fingerprint density at radius 1 is 1.36 bits per heavy atom. The lowest BCUT2D eigenvalue weighted by Gasteiger charge is -2.06. The predicted octanol–water partition coefficient (Wildman–Crippen LogP) is 2.40. The highest BCUT2D eigenvalue weighted by atomic mass is 127. The quantitative estimate of drug-likeness (QED) is 0.770. The van der Waals surface area contributed by atoms with Gasteiger partial charge in [-0.1, -0.05) is 12.1 Å². The van der Waals surface area contributed by atoms with Gasteiger partial charge in [-0.25, -0.2) is 0 Å². The molecule has 0 saturated heterocycles. The van der Waals surface area contributed by atoms with Crippen molar-refractivity contribution in [3.8, 4) is 0 Å². The number of rotatable bonds is 1. The highest BCUT2D eigenvalue weighted by molar-refractivity contribution is 14.1. The highest BCUT2D eigenvalue weighted by Crippen LogP contribution is 2.19. The van der Waals surface area contributed by atoms with E-state index < -0.39 is 0 Å². The number of benzene rings is 1. The molecule has 0 amide bonds. The van der Waals surface area contributed by atoms with Crippen molar-refractivity contribution in [2.75, 3.05) is 0 Å². The summed E-state index contributed by atoms with van der Waals surface area (Å²) in [5.74, 6) is 0. The first-order valence-corrected chi connectivity index (χ1v) is 4.60. The van der Waals surface area contributed by atoms with Gasteiger partial charge in [0, 0.05) is 3.57 Å². The monoisotopic (exact) mass is 262 g/mol. The fourth-order valence-electron chi connectivity index (χ4n) is 0.960. The molecular weight excluding hydrogens is 251 g/mol. The molecule has 0 radical (unpaired) electrons. The Hall–Kier alpha value is -0.0900. The first kappa shape index (κ1) is 9.00. The number of halogens is 1. The van der Waals surface area contributed by atoms with E-state index in [2.05, 4.69) is 36.4 Å². The third kappa shape index (κ3) is 1.73. The fourth-order valence-corrected chi connectivity index (χ4v) is 1.74. The van der Waals surface area contributed by atoms with Crippen LogP contribution in [0, 0.1) is 17.4 Å². The zero-order valence-corrected chi connectivity index (χ0v) is 8.84. The maximum Gasteiger partial charge on any atom is 0.0692 e. The zero-order valence-electron chi connectivity index (χ0n) is 6.69. The molecule has 0 unspecified atom stereocenters. The maximum atomic E-state index is 8.93. The van der Waals surface area contributed by atoms with Crippen molar-refractivity contribution in [1.29, 1.82) is 0 Å². The van der Waals surface area contributed by atoms with Gasteiger partial charge < -0.3 is 5.11 Å². The van der Waals surface area contributed by atoms with Crippen LogP contribution in [0.5, 0.6) is 0 Å². The summed E-state index contributed by atoms with van der Waals surface area (Å²) in [5.41, 5.74) is 3.58. The number of aliphatic hydroxyl groups is 1. The van der Waals surface area contributed by atoms with Crippen molar-refractivity contribution in [3.63, 3.8) is 0 Å². The van der Waals surface area contributed by atoms with Gasteiger partial charge in [0.1, 0.15) is 0 Å². The Kier molecular flexibility index (Phi) is 2.90. The third-order valence-corrected chi connectivity index (χ3v) is 3.41. The van der Waals surface area contributed by atoms with Crippen molar-refractivity contribution < 1.29 is 5.11 Å². The van der Waals surface area contributed by atoms with E-state index in [-0.39, 0.29) is 6.61 Å². The molecule has 0 spiro atoms. The number of aryl methyl sites for hydroxylation is 1. The van der Waals surface area contributed by atoms with Crippen LogP contribution in [0.1, 0.15) is 16.7 Å². The third-order valence-electron chi connectivity index (χ3n) is 1.91. The van der Waals surface area contributed by atoms with Gasteiger partial charge in [-0.05, 0) is 53.1 Å². The van der Waals surface area contributed by atoms with Gasteiger partial charge in [0.2, 0.25) is 0 Å². The summed E-state index contributed by atoms with van der Waals surface area (Å²) in [6.45, 7) is 4.30. The molecule has 1 aromatic rings. The van der Waals surface area contributed by atoms with Crippen molar-refractivity contribution in [3.05, 3.63) is 32.4 Å². The Bertz CT molecular complexity index is 269. The summed E-state index contributed by atoms with van der Waals surface area (Å²) < 4.78 is 1.19. The average molecular weight is 262 g/mol. The largest absolute Gasteiger partial charge is 0.392 e. The van der Waals surface area contributed by atoms with Crippen LogP contribution >= 0.6 is 22.6 Å². The molecule has 1 nitrogen and oxygen atoms in total. The van der Waals surface area contributed by atoms with Crippen LogP contribution in [0.25, 0.3) is 0 Å². The maximum absolute atomic E-state index is 8.93. The van der Waals surface area contributed by atoms with Gasteiger partial charge in [-0.3, -0.25) is 0 Å². The normalized spacial score (nSPS) is 10.2. The molecule has 0 aliphatic heterocycles. The van der Waals surface area contributed by atoms with Gasteiger partial charge in [0.15, 0.2) is 0 Å². The van der Waals surface area contributed by atoms with Gasteiger partial charge >= 0.3 is 0 Å². The van der Waals surface area contributed by atoms with Crippen LogP contribution in [0.2, 0.25) is 0 Å². The lowest BCUT2D eigenvalue weighted by molar-refractivity contribution is 0.281. The van der Waals surface area contributed by atoms with E-state index >= 15 is 0 Å². The van der Waals surface area contributed by atoms with Crippen molar-refractivity contribution in [2.24, 2.45) is 0 Å². The van der Waals surface area contributed by atoms with Crippen molar-refractivity contribution >= 4 is 22.6 Å². The van der Waals surface area contributed by atoms with Crippen LogP contribution in [-0.2, 0) is 6.61 Å². The second-order valence-corrected chi connectivity index (χ2v) is 3.72. The standard InChI is InChI=1S/C9H11IO/c1-6-3-4-8(5-11)9(10)7(6)2/h3-4,11H,5H2,1-2H3. The van der Waals surface area contributed by atoms with Crippen LogP contribution in [0.4, 0.5) is 0 Å². The molecule has 2 heteroatoms. The Morgan fingerprint density at radius 2 is 2.00 bits per heavy atom. The molecule has 0 bridgehead atoms. The summed E-state index contributed by atoms with van der Waals surface area (Å²) in [6.07, 6.45) is 0. The minimum absolute atomic E-state index is 0.138. The summed E-state index contributed by atoms with van der Waals surface area (Å²) >= 11 is 2.27. The van der Waals surface area contributed by atoms with Crippen LogP contribution in [-0.4, -0.2) is 5.11 Å². The van der Waals surface area contributed by atoms with E-state index in [1.165, 1.54) is 14.7 Å². The van der Waals surface area contributed by atoms with E-state index in [1.807, 2.05) is 12.1 Å². The molecule has 1 aromatic carbocycles. The number of hydrogen-bond acceptors (Lipinski definition) is 1. The Balaban J connectivity index is 3.25. The SMILES string of the molecule is Cc1ccc(CO)c(I)c1C.